The molecule has 2 fully saturated rings. The van der Waals surface area contributed by atoms with Gasteiger partial charge in [-0.3, -0.25) is 0 Å². The molecule has 0 saturated heterocycles. The second kappa shape index (κ2) is 7.95. The molecule has 1 nitrogen and oxygen atoms in total. The van der Waals surface area contributed by atoms with Crippen LogP contribution in [-0.4, -0.2) is 16.6 Å². The molecular weight excluding hydrogens is 353 g/mol. The summed E-state index contributed by atoms with van der Waals surface area (Å²) in [5.41, 5.74) is 2.74. The Kier molecular flexibility index (Phi) is 6.05. The molecule has 0 bridgehead atoms. The molecule has 0 N–H and O–H groups in total. The van der Waals surface area contributed by atoms with Gasteiger partial charge in [-0.1, -0.05) is 43.9 Å². The molecule has 0 amide bonds. The molecule has 0 spiro atoms. The van der Waals surface area contributed by atoms with Crippen LogP contribution in [0.5, 0.6) is 5.75 Å². The van der Waals surface area contributed by atoms with E-state index >= 15 is 0 Å². The molecule has 26 heavy (non-hydrogen) atoms. The molecule has 0 atom stereocenters. The Morgan fingerprint density at radius 2 is 1.58 bits per heavy atom. The fraction of sp³-hybridized carbons (Fsp3) is 0.714. The Morgan fingerprint density at radius 1 is 1.00 bits per heavy atom. The highest BCUT2D eigenvalue weighted by Gasteiger charge is 2.41. The number of rotatable bonds is 4. The Morgan fingerprint density at radius 3 is 2.08 bits per heavy atom. The van der Waals surface area contributed by atoms with Gasteiger partial charge in [0.25, 0.3) is 0 Å². The van der Waals surface area contributed by atoms with Gasteiger partial charge in [0.1, 0.15) is 5.75 Å². The molecule has 2 saturated carbocycles. The van der Waals surface area contributed by atoms with Crippen molar-refractivity contribution < 1.29 is 17.9 Å². The van der Waals surface area contributed by atoms with Crippen LogP contribution in [0.2, 0.25) is 5.54 Å². The quantitative estimate of drug-likeness (QED) is 0.580. The Bertz CT molecular complexity index is 568. The fourth-order valence-corrected chi connectivity index (χ4v) is 5.95. The van der Waals surface area contributed by atoms with Crippen molar-refractivity contribution in [3.8, 4) is 5.75 Å². The third-order valence-corrected chi connectivity index (χ3v) is 8.31. The summed E-state index contributed by atoms with van der Waals surface area (Å²) in [6.45, 7) is 2.37. The van der Waals surface area contributed by atoms with Gasteiger partial charge < -0.3 is 4.74 Å². The summed E-state index contributed by atoms with van der Waals surface area (Å²) >= 11 is 0. The van der Waals surface area contributed by atoms with E-state index in [-0.39, 0.29) is 5.75 Å². The van der Waals surface area contributed by atoms with Crippen molar-refractivity contribution in [1.29, 1.82) is 0 Å². The zero-order chi connectivity index (χ0) is 18.8. The minimum absolute atomic E-state index is 0.125. The van der Waals surface area contributed by atoms with Gasteiger partial charge in [-0.25, -0.2) is 0 Å². The third kappa shape index (κ3) is 4.65. The molecule has 146 valence electrons. The first kappa shape index (κ1) is 19.8. The first-order valence-corrected chi connectivity index (χ1v) is 11.3. The maximum atomic E-state index is 12.3. The van der Waals surface area contributed by atoms with Gasteiger partial charge in [0.2, 0.25) is 0 Å². The van der Waals surface area contributed by atoms with Crippen LogP contribution >= 0.6 is 0 Å². The minimum Gasteiger partial charge on any atom is -0.406 e. The van der Waals surface area contributed by atoms with E-state index in [0.29, 0.717) is 11.3 Å². The molecule has 1 aromatic rings. The van der Waals surface area contributed by atoms with E-state index < -0.39 is 6.36 Å². The highest BCUT2D eigenvalue weighted by molar-refractivity contribution is 6.11. The predicted molar refractivity (Wildman–Crippen MR) is 103 cm³/mol. The van der Waals surface area contributed by atoms with Crippen molar-refractivity contribution in [2.45, 2.75) is 82.5 Å². The van der Waals surface area contributed by atoms with E-state index in [1.807, 2.05) is 12.1 Å². The lowest BCUT2D eigenvalue weighted by atomic mass is 9.59. The van der Waals surface area contributed by atoms with Gasteiger partial charge in [0.15, 0.2) is 0 Å². The van der Waals surface area contributed by atoms with Crippen LogP contribution in [0.3, 0.4) is 0 Å². The summed E-state index contributed by atoms with van der Waals surface area (Å²) in [4.78, 5) is 0. The first-order valence-electron chi connectivity index (χ1n) is 10.2. The highest BCUT2D eigenvalue weighted by atomic mass is 28.1. The number of benzene rings is 1. The van der Waals surface area contributed by atoms with E-state index in [1.54, 1.807) is 0 Å². The second-order valence-corrected chi connectivity index (χ2v) is 10.2. The van der Waals surface area contributed by atoms with Crippen LogP contribution < -0.4 is 4.74 Å². The highest BCUT2D eigenvalue weighted by Crippen LogP contribution is 2.53. The zero-order valence-electron chi connectivity index (χ0n) is 15.9. The maximum absolute atomic E-state index is 12.3. The van der Waals surface area contributed by atoms with E-state index in [0.717, 1.165) is 29.9 Å². The number of alkyl halides is 3. The first-order chi connectivity index (χ1) is 12.3. The molecule has 0 aliphatic heterocycles. The number of halogens is 3. The van der Waals surface area contributed by atoms with Crippen molar-refractivity contribution >= 4 is 10.2 Å². The van der Waals surface area contributed by atoms with Crippen LogP contribution in [0.1, 0.15) is 76.2 Å². The molecule has 1 aromatic carbocycles. The van der Waals surface area contributed by atoms with Gasteiger partial charge in [0.05, 0.1) is 0 Å². The van der Waals surface area contributed by atoms with Crippen molar-refractivity contribution in [3.05, 3.63) is 29.8 Å². The largest absolute Gasteiger partial charge is 0.573 e. The molecule has 2 aliphatic carbocycles. The van der Waals surface area contributed by atoms with Crippen molar-refractivity contribution in [3.63, 3.8) is 0 Å². The van der Waals surface area contributed by atoms with Crippen molar-refractivity contribution in [1.82, 2.24) is 0 Å². The molecule has 0 unspecified atom stereocenters. The maximum Gasteiger partial charge on any atom is 0.573 e. The number of ether oxygens (including phenoxy) is 1. The van der Waals surface area contributed by atoms with Crippen molar-refractivity contribution in [2.75, 3.05) is 0 Å². The van der Waals surface area contributed by atoms with Crippen LogP contribution in [0.15, 0.2) is 24.3 Å². The number of hydrogen-bond donors (Lipinski definition) is 0. The topological polar surface area (TPSA) is 9.23 Å². The summed E-state index contributed by atoms with van der Waals surface area (Å²) in [5, 5.41) is 0. The van der Waals surface area contributed by atoms with Gasteiger partial charge in [-0.2, -0.15) is 0 Å². The smallest absolute Gasteiger partial charge is 0.406 e. The number of hydrogen-bond acceptors (Lipinski definition) is 1. The molecular formula is C21H31F3OSi. The lowest BCUT2D eigenvalue weighted by Crippen LogP contribution is -2.35. The van der Waals surface area contributed by atoms with Gasteiger partial charge >= 0.3 is 6.36 Å². The summed E-state index contributed by atoms with van der Waals surface area (Å²) in [6.07, 6.45) is 7.24. The average molecular weight is 385 g/mol. The molecule has 2 aliphatic rings. The minimum atomic E-state index is -4.62. The Labute approximate surface area is 158 Å². The molecule has 3 rings (SSSR count). The monoisotopic (exact) mass is 384 g/mol. The third-order valence-electron chi connectivity index (χ3n) is 7.15. The van der Waals surface area contributed by atoms with E-state index in [4.69, 9.17) is 0 Å². The fourth-order valence-electron chi connectivity index (χ4n) is 5.37. The SMILES string of the molecule is CC[C@]1(C2CCC(c3ccc(OC(F)(F)F)cc3)CC2)CC[C@H]([SiH3])CC1. The summed E-state index contributed by atoms with van der Waals surface area (Å²) in [7, 11) is 1.34. The summed E-state index contributed by atoms with van der Waals surface area (Å²) < 4.78 is 40.8. The standard InChI is InChI=1S/C21H31F3OSi/c1-2-20(13-11-19(26)12-14-20)17-7-3-15(4-8-17)16-5-9-18(10-6-16)25-21(22,23)24/h5-6,9-10,15,17,19H,2-4,7-8,11-14H2,1,26H3/t15?,17?,19-,20-. The summed E-state index contributed by atoms with van der Waals surface area (Å²) in [6, 6.07) is 6.53. The van der Waals surface area contributed by atoms with Crippen LogP contribution in [-0.2, 0) is 0 Å². The summed E-state index contributed by atoms with van der Waals surface area (Å²) in [5.74, 6) is 1.19. The van der Waals surface area contributed by atoms with E-state index in [9.17, 15) is 13.2 Å². The van der Waals surface area contributed by atoms with Gasteiger partial charge in [0, 0.05) is 10.2 Å². The lowest BCUT2D eigenvalue weighted by Gasteiger charge is -2.47. The molecule has 0 radical (unpaired) electrons. The average Bonchev–Trinajstić information content (AvgIpc) is 2.62. The predicted octanol–water partition coefficient (Wildman–Crippen LogP) is 5.98. The second-order valence-electron chi connectivity index (χ2n) is 8.56. The normalized spacial score (nSPS) is 33.2. The van der Waals surface area contributed by atoms with E-state index in [2.05, 4.69) is 11.7 Å². The van der Waals surface area contributed by atoms with Crippen LogP contribution in [0.25, 0.3) is 0 Å². The van der Waals surface area contributed by atoms with Gasteiger partial charge in [-0.05, 0) is 73.5 Å². The van der Waals surface area contributed by atoms with E-state index in [1.165, 1.54) is 67.3 Å². The van der Waals surface area contributed by atoms with Crippen molar-refractivity contribution in [2.24, 2.45) is 11.3 Å². The Balaban J connectivity index is 1.58. The van der Waals surface area contributed by atoms with Crippen LogP contribution in [0.4, 0.5) is 13.2 Å². The van der Waals surface area contributed by atoms with Gasteiger partial charge in [-0.15, -0.1) is 13.2 Å². The Hall–Kier alpha value is -0.973. The lowest BCUT2D eigenvalue weighted by molar-refractivity contribution is -0.274. The molecule has 0 heterocycles. The molecule has 5 heteroatoms. The molecule has 0 aromatic heterocycles. The van der Waals surface area contributed by atoms with Crippen LogP contribution in [0, 0.1) is 11.3 Å². The zero-order valence-corrected chi connectivity index (χ0v) is 17.9.